The normalized spacial score (nSPS) is 26.2. The SMILES string of the molecule is CN1C(=O)[C@H](C2CCCCC2)NCC2CCc3cccc(c3O2)CCCNC(=O)[C@@H](Cc2ccccc2)NC(=O)[C@@H]1C(C)(C)O. The predicted octanol–water partition coefficient (Wildman–Crippen LogP) is 3.31. The summed E-state index contributed by atoms with van der Waals surface area (Å²) in [5, 5.41) is 20.8. The van der Waals surface area contributed by atoms with E-state index in [0.29, 0.717) is 19.5 Å². The molecule has 4 N–H and O–H groups in total. The number of nitrogens with one attached hydrogen (secondary N) is 3. The standard InChI is InChI=1S/C36H50N4O5/c1-36(2,44)32-34(42)39-29(22-24-12-6-4-7-13-24)33(41)37-21-11-18-26-16-10-17-27-19-20-28(45-31(26)27)23-38-30(35(43)40(32)3)25-14-8-5-9-15-25/h4,6-7,10,12-13,16-17,25,28-30,32,38,44H,5,8-9,11,14-15,18-23H2,1-3H3,(H,37,41)(H,39,42)/t28?,29-,30+,32-/m1/s1. The number of likely N-dealkylation sites (N-methyl/N-ethyl adjacent to an activating group) is 1. The molecule has 5 rings (SSSR count). The first-order chi connectivity index (χ1) is 21.6. The fraction of sp³-hybridized carbons (Fsp3) is 0.583. The summed E-state index contributed by atoms with van der Waals surface area (Å²) < 4.78 is 6.57. The van der Waals surface area contributed by atoms with Crippen LogP contribution in [0.15, 0.2) is 48.5 Å². The van der Waals surface area contributed by atoms with Crippen LogP contribution in [0.3, 0.4) is 0 Å². The van der Waals surface area contributed by atoms with Crippen LogP contribution in [0.25, 0.3) is 0 Å². The summed E-state index contributed by atoms with van der Waals surface area (Å²) in [7, 11) is 1.59. The molecule has 2 aromatic rings. The largest absolute Gasteiger partial charge is 0.489 e. The van der Waals surface area contributed by atoms with Gasteiger partial charge in [0.25, 0.3) is 0 Å². The molecule has 0 spiro atoms. The van der Waals surface area contributed by atoms with Crippen molar-refractivity contribution in [3.05, 3.63) is 65.2 Å². The van der Waals surface area contributed by atoms with Crippen LogP contribution < -0.4 is 20.7 Å². The summed E-state index contributed by atoms with van der Waals surface area (Å²) in [5.41, 5.74) is 1.65. The molecule has 3 aliphatic rings. The maximum Gasteiger partial charge on any atom is 0.246 e. The molecule has 2 bridgehead atoms. The van der Waals surface area contributed by atoms with Gasteiger partial charge in [0.1, 0.15) is 23.9 Å². The molecule has 45 heavy (non-hydrogen) atoms. The number of hydrogen-bond acceptors (Lipinski definition) is 6. The average Bonchev–Trinajstić information content (AvgIpc) is 3.02. The highest BCUT2D eigenvalue weighted by atomic mass is 16.5. The maximum atomic E-state index is 14.3. The van der Waals surface area contributed by atoms with Crippen molar-refractivity contribution in [1.82, 2.24) is 20.9 Å². The van der Waals surface area contributed by atoms with Crippen LogP contribution in [0.2, 0.25) is 0 Å². The molecular weight excluding hydrogens is 568 g/mol. The summed E-state index contributed by atoms with van der Waals surface area (Å²) >= 11 is 0. The fourth-order valence-corrected chi connectivity index (χ4v) is 7.29. The third-order valence-corrected chi connectivity index (χ3v) is 9.64. The third kappa shape index (κ3) is 8.24. The number of para-hydroxylation sites is 1. The minimum Gasteiger partial charge on any atom is -0.489 e. The van der Waals surface area contributed by atoms with Crippen LogP contribution in [0.1, 0.15) is 75.5 Å². The van der Waals surface area contributed by atoms with E-state index in [0.717, 1.165) is 68.2 Å². The predicted molar refractivity (Wildman–Crippen MR) is 174 cm³/mol. The highest BCUT2D eigenvalue weighted by Crippen LogP contribution is 2.33. The van der Waals surface area contributed by atoms with E-state index in [9.17, 15) is 19.5 Å². The van der Waals surface area contributed by atoms with Crippen molar-refractivity contribution in [2.24, 2.45) is 5.92 Å². The summed E-state index contributed by atoms with van der Waals surface area (Å²) in [6, 6.07) is 13.2. The van der Waals surface area contributed by atoms with Crippen molar-refractivity contribution in [1.29, 1.82) is 0 Å². The third-order valence-electron chi connectivity index (χ3n) is 9.64. The summed E-state index contributed by atoms with van der Waals surface area (Å²) in [6.45, 7) is 4.02. The Labute approximate surface area is 267 Å². The molecular formula is C36H50N4O5. The zero-order chi connectivity index (χ0) is 32.0. The Morgan fingerprint density at radius 1 is 0.889 bits per heavy atom. The van der Waals surface area contributed by atoms with E-state index in [4.69, 9.17) is 4.74 Å². The highest BCUT2D eigenvalue weighted by Gasteiger charge is 2.43. The zero-order valence-electron chi connectivity index (χ0n) is 27.0. The van der Waals surface area contributed by atoms with Gasteiger partial charge >= 0.3 is 0 Å². The van der Waals surface area contributed by atoms with Gasteiger partial charge in [0.2, 0.25) is 17.7 Å². The summed E-state index contributed by atoms with van der Waals surface area (Å²) in [6.07, 6.45) is 8.51. The molecule has 4 atom stereocenters. The van der Waals surface area contributed by atoms with Crippen molar-refractivity contribution in [2.45, 2.75) is 108 Å². The first kappa shape index (κ1) is 32.9. The second-order valence-corrected chi connectivity index (χ2v) is 13.6. The van der Waals surface area contributed by atoms with E-state index in [2.05, 4.69) is 34.1 Å². The Balaban J connectivity index is 1.47. The van der Waals surface area contributed by atoms with Gasteiger partial charge in [0, 0.05) is 26.6 Å². The second kappa shape index (κ2) is 14.8. The van der Waals surface area contributed by atoms with E-state index >= 15 is 0 Å². The Bertz CT molecular complexity index is 1320. The molecule has 9 heteroatoms. The van der Waals surface area contributed by atoms with Crippen LogP contribution in [-0.4, -0.2) is 77.7 Å². The van der Waals surface area contributed by atoms with Crippen molar-refractivity contribution in [3.63, 3.8) is 0 Å². The summed E-state index contributed by atoms with van der Waals surface area (Å²) in [5.74, 6) is -0.0453. The van der Waals surface area contributed by atoms with Gasteiger partial charge in [-0.3, -0.25) is 14.4 Å². The number of benzene rings is 2. The minimum absolute atomic E-state index is 0.0893. The van der Waals surface area contributed by atoms with E-state index < -0.39 is 29.6 Å². The molecule has 0 aromatic heterocycles. The van der Waals surface area contributed by atoms with Gasteiger partial charge in [-0.15, -0.1) is 0 Å². The summed E-state index contributed by atoms with van der Waals surface area (Å²) in [4.78, 5) is 43.3. The molecule has 244 valence electrons. The van der Waals surface area contributed by atoms with Gasteiger partial charge < -0.3 is 30.7 Å². The molecule has 2 aromatic carbocycles. The van der Waals surface area contributed by atoms with Crippen molar-refractivity contribution in [2.75, 3.05) is 20.1 Å². The number of nitrogens with zero attached hydrogens (tertiary/aromatic N) is 1. The number of fused-ring (bicyclic) bond motifs is 1. The van der Waals surface area contributed by atoms with Gasteiger partial charge in [-0.1, -0.05) is 67.8 Å². The van der Waals surface area contributed by atoms with E-state index in [1.165, 1.54) is 24.3 Å². The molecule has 1 fully saturated rings. The molecule has 1 saturated carbocycles. The molecule has 9 nitrogen and oxygen atoms in total. The first-order valence-electron chi connectivity index (χ1n) is 16.7. The lowest BCUT2D eigenvalue weighted by atomic mass is 9.82. The van der Waals surface area contributed by atoms with Crippen LogP contribution in [0, 0.1) is 5.92 Å². The molecule has 3 amide bonds. The molecule has 0 saturated heterocycles. The number of aliphatic hydroxyl groups is 1. The molecule has 1 aliphatic carbocycles. The lowest BCUT2D eigenvalue weighted by molar-refractivity contribution is -0.151. The van der Waals surface area contributed by atoms with Crippen LogP contribution >= 0.6 is 0 Å². The van der Waals surface area contributed by atoms with E-state index in [-0.39, 0.29) is 30.3 Å². The lowest BCUT2D eigenvalue weighted by Gasteiger charge is -2.40. The van der Waals surface area contributed by atoms with Crippen molar-refractivity contribution in [3.8, 4) is 5.75 Å². The van der Waals surface area contributed by atoms with Crippen LogP contribution in [0.5, 0.6) is 5.75 Å². The molecule has 2 heterocycles. The smallest absolute Gasteiger partial charge is 0.246 e. The van der Waals surface area contributed by atoms with Gasteiger partial charge in [-0.05, 0) is 75.0 Å². The van der Waals surface area contributed by atoms with E-state index in [1.807, 2.05) is 30.3 Å². The van der Waals surface area contributed by atoms with Gasteiger partial charge in [0.05, 0.1) is 11.6 Å². The average molecular weight is 619 g/mol. The minimum atomic E-state index is -1.56. The Hall–Kier alpha value is -3.43. The Kier molecular flexibility index (Phi) is 10.8. The number of ether oxygens (including phenoxy) is 1. The maximum absolute atomic E-state index is 14.3. The first-order valence-corrected chi connectivity index (χ1v) is 16.7. The Morgan fingerprint density at radius 2 is 1.60 bits per heavy atom. The van der Waals surface area contributed by atoms with E-state index in [1.54, 1.807) is 7.05 Å². The fourth-order valence-electron chi connectivity index (χ4n) is 7.29. The van der Waals surface area contributed by atoms with Crippen LogP contribution in [-0.2, 0) is 33.6 Å². The number of carbonyl (C=O) groups excluding carboxylic acids is 3. The van der Waals surface area contributed by atoms with Gasteiger partial charge in [0.15, 0.2) is 0 Å². The molecule has 1 unspecified atom stereocenters. The highest BCUT2D eigenvalue weighted by molar-refractivity contribution is 5.94. The number of aryl methyl sites for hydroxylation is 2. The van der Waals surface area contributed by atoms with Gasteiger partial charge in [-0.2, -0.15) is 0 Å². The van der Waals surface area contributed by atoms with Crippen LogP contribution in [0.4, 0.5) is 0 Å². The quantitative estimate of drug-likeness (QED) is 0.418. The number of rotatable bonds is 4. The topological polar surface area (TPSA) is 120 Å². The monoisotopic (exact) mass is 618 g/mol. The number of carbonyl (C=O) groups is 3. The second-order valence-electron chi connectivity index (χ2n) is 13.6. The van der Waals surface area contributed by atoms with Crippen molar-refractivity contribution < 1.29 is 24.2 Å². The molecule has 2 aliphatic heterocycles. The van der Waals surface area contributed by atoms with Crippen molar-refractivity contribution >= 4 is 17.7 Å². The number of amides is 3. The Morgan fingerprint density at radius 3 is 2.31 bits per heavy atom. The van der Waals surface area contributed by atoms with Gasteiger partial charge in [-0.25, -0.2) is 0 Å². The molecule has 0 radical (unpaired) electrons. The number of hydrogen-bond donors (Lipinski definition) is 4. The lowest BCUT2D eigenvalue weighted by Crippen LogP contribution is -2.64. The zero-order valence-corrected chi connectivity index (χ0v) is 27.0.